The summed E-state index contributed by atoms with van der Waals surface area (Å²) in [6.07, 6.45) is 7.76. The second kappa shape index (κ2) is 12.2. The summed E-state index contributed by atoms with van der Waals surface area (Å²) in [6, 6.07) is 24.7. The number of benzene rings is 3. The number of hydrogen-bond donors (Lipinski definition) is 0. The summed E-state index contributed by atoms with van der Waals surface area (Å²) in [7, 11) is 1.40. The molecule has 0 unspecified atom stereocenters. The summed E-state index contributed by atoms with van der Waals surface area (Å²) in [5.74, 6) is 0.0403. The number of methoxy groups -OCH3 is 1. The van der Waals surface area contributed by atoms with E-state index in [1.54, 1.807) is 0 Å². The van der Waals surface area contributed by atoms with Crippen molar-refractivity contribution in [1.82, 2.24) is 14.5 Å². The van der Waals surface area contributed by atoms with Crippen LogP contribution in [0, 0.1) is 0 Å². The number of fused-ring (bicyclic) bond motifs is 2. The van der Waals surface area contributed by atoms with E-state index in [1.165, 1.54) is 31.9 Å². The van der Waals surface area contributed by atoms with Gasteiger partial charge in [0.15, 0.2) is 0 Å². The average Bonchev–Trinajstić information content (AvgIpc) is 3.41. The second-order valence-electron chi connectivity index (χ2n) is 11.9. The molecule has 0 atom stereocenters. The molecule has 224 valence electrons. The van der Waals surface area contributed by atoms with E-state index >= 15 is 0 Å². The fraction of sp³-hybridized carbons (Fsp3) is 0.324. The minimum absolute atomic E-state index is 0.0546. The van der Waals surface area contributed by atoms with Crippen molar-refractivity contribution in [3.8, 4) is 22.4 Å². The van der Waals surface area contributed by atoms with Crippen LogP contribution in [0.25, 0.3) is 44.2 Å². The maximum atomic E-state index is 13.8. The van der Waals surface area contributed by atoms with E-state index in [4.69, 9.17) is 14.5 Å². The van der Waals surface area contributed by atoms with E-state index in [0.29, 0.717) is 37.8 Å². The number of esters is 1. The predicted octanol–water partition coefficient (Wildman–Crippen LogP) is 7.22. The summed E-state index contributed by atoms with van der Waals surface area (Å²) < 4.78 is 12.8. The number of carbonyl (C=O) groups excluding carboxylic acids is 2. The quantitative estimate of drug-likeness (QED) is 0.196. The number of ether oxygens (including phenoxy) is 2. The van der Waals surface area contributed by atoms with E-state index in [2.05, 4.69) is 47.0 Å². The van der Waals surface area contributed by atoms with Crippen molar-refractivity contribution in [1.29, 1.82) is 0 Å². The monoisotopic (exact) mass is 587 g/mol. The first-order valence-electron chi connectivity index (χ1n) is 15.7. The van der Waals surface area contributed by atoms with Crippen LogP contribution in [0.15, 0.2) is 79.0 Å². The third-order valence-corrected chi connectivity index (χ3v) is 9.26. The standard InChI is InChI=1S/C37H37N3O4/c1-43-37(42)28-12-14-31-33(22-28)40(24-34(41)39-16-18-44-19-17-39)36(35(31)26-10-6-3-7-11-26)27-13-15-32-29(20-27)21-30(23-38-32)25-8-4-2-5-9-25/h2,4-5,8-9,12-15,20-23,26H,3,6-7,10-11,16-19,24H2,1H3. The molecular formula is C37H37N3O4. The van der Waals surface area contributed by atoms with Crippen LogP contribution in [0.1, 0.15) is 53.9 Å². The number of amides is 1. The molecule has 7 rings (SSSR count). The Bertz CT molecular complexity index is 1830. The maximum Gasteiger partial charge on any atom is 0.337 e. The molecule has 3 heterocycles. The fourth-order valence-corrected chi connectivity index (χ4v) is 7.02. The number of carbonyl (C=O) groups is 2. The van der Waals surface area contributed by atoms with Gasteiger partial charge in [-0.05, 0) is 65.8 Å². The SMILES string of the molecule is COC(=O)c1ccc2c(C3CCCCC3)c(-c3ccc4ncc(-c5ccccc5)cc4c3)n(CC(=O)N3CCOCC3)c2c1. The van der Waals surface area contributed by atoms with Crippen molar-refractivity contribution in [2.24, 2.45) is 0 Å². The van der Waals surface area contributed by atoms with Crippen LogP contribution in [0.3, 0.4) is 0 Å². The highest BCUT2D eigenvalue weighted by molar-refractivity contribution is 6.00. The van der Waals surface area contributed by atoms with Crippen LogP contribution in [0.5, 0.6) is 0 Å². The van der Waals surface area contributed by atoms with Gasteiger partial charge in [-0.2, -0.15) is 0 Å². The molecule has 2 aromatic heterocycles. The summed E-state index contributed by atoms with van der Waals surface area (Å²) in [5.41, 5.74) is 7.86. The molecule has 1 saturated heterocycles. The van der Waals surface area contributed by atoms with Gasteiger partial charge >= 0.3 is 5.97 Å². The summed E-state index contributed by atoms with van der Waals surface area (Å²) >= 11 is 0. The minimum Gasteiger partial charge on any atom is -0.465 e. The van der Waals surface area contributed by atoms with Gasteiger partial charge in [-0.1, -0.05) is 61.7 Å². The Morgan fingerprint density at radius 1 is 0.886 bits per heavy atom. The number of morpholine rings is 1. The zero-order valence-electron chi connectivity index (χ0n) is 25.1. The molecule has 7 heteroatoms. The van der Waals surface area contributed by atoms with Crippen LogP contribution < -0.4 is 0 Å². The van der Waals surface area contributed by atoms with Gasteiger partial charge in [-0.15, -0.1) is 0 Å². The van der Waals surface area contributed by atoms with Crippen molar-refractivity contribution >= 4 is 33.7 Å². The lowest BCUT2D eigenvalue weighted by atomic mass is 9.81. The summed E-state index contributed by atoms with van der Waals surface area (Å²) in [4.78, 5) is 33.2. The molecule has 5 aromatic rings. The van der Waals surface area contributed by atoms with E-state index in [-0.39, 0.29) is 18.4 Å². The molecule has 0 N–H and O–H groups in total. The third-order valence-electron chi connectivity index (χ3n) is 9.26. The number of aromatic nitrogens is 2. The van der Waals surface area contributed by atoms with E-state index in [9.17, 15) is 9.59 Å². The van der Waals surface area contributed by atoms with Crippen LogP contribution in [-0.2, 0) is 20.8 Å². The zero-order valence-corrected chi connectivity index (χ0v) is 25.1. The lowest BCUT2D eigenvalue weighted by molar-refractivity contribution is -0.135. The Kier molecular flexibility index (Phi) is 7.88. The number of nitrogens with zero attached hydrogens (tertiary/aromatic N) is 3. The Hall–Kier alpha value is -4.49. The van der Waals surface area contributed by atoms with Crippen molar-refractivity contribution < 1.29 is 19.1 Å². The third kappa shape index (κ3) is 5.37. The van der Waals surface area contributed by atoms with Crippen LogP contribution >= 0.6 is 0 Å². The van der Waals surface area contributed by atoms with Gasteiger partial charge in [0.2, 0.25) is 5.91 Å². The largest absolute Gasteiger partial charge is 0.465 e. The second-order valence-corrected chi connectivity index (χ2v) is 11.9. The molecule has 1 saturated carbocycles. The molecule has 1 aliphatic heterocycles. The van der Waals surface area contributed by atoms with Crippen molar-refractivity contribution in [2.75, 3.05) is 33.4 Å². The fourth-order valence-electron chi connectivity index (χ4n) is 7.02. The van der Waals surface area contributed by atoms with Crippen LogP contribution in [0.4, 0.5) is 0 Å². The van der Waals surface area contributed by atoms with Gasteiger partial charge in [0.1, 0.15) is 6.54 Å². The van der Waals surface area contributed by atoms with Crippen molar-refractivity contribution in [3.63, 3.8) is 0 Å². The molecule has 44 heavy (non-hydrogen) atoms. The average molecular weight is 588 g/mol. The lowest BCUT2D eigenvalue weighted by Gasteiger charge is -2.28. The number of rotatable bonds is 6. The highest BCUT2D eigenvalue weighted by atomic mass is 16.5. The van der Waals surface area contributed by atoms with Gasteiger partial charge in [0, 0.05) is 35.6 Å². The van der Waals surface area contributed by atoms with E-state index in [0.717, 1.165) is 57.0 Å². The Morgan fingerprint density at radius 3 is 2.43 bits per heavy atom. The Morgan fingerprint density at radius 2 is 1.66 bits per heavy atom. The van der Waals surface area contributed by atoms with Gasteiger partial charge < -0.3 is 18.9 Å². The Labute approximate surface area is 257 Å². The maximum absolute atomic E-state index is 13.8. The topological polar surface area (TPSA) is 73.7 Å². The summed E-state index contributed by atoms with van der Waals surface area (Å²) in [5, 5.41) is 2.15. The van der Waals surface area contributed by atoms with Gasteiger partial charge in [0.05, 0.1) is 42.6 Å². The summed E-state index contributed by atoms with van der Waals surface area (Å²) in [6.45, 7) is 2.45. The first-order valence-corrected chi connectivity index (χ1v) is 15.7. The van der Waals surface area contributed by atoms with E-state index < -0.39 is 0 Å². The molecule has 2 aliphatic rings. The number of pyridine rings is 1. The van der Waals surface area contributed by atoms with E-state index in [1.807, 2.05) is 41.4 Å². The molecule has 7 nitrogen and oxygen atoms in total. The van der Waals surface area contributed by atoms with Gasteiger partial charge in [-0.25, -0.2) is 4.79 Å². The first-order chi connectivity index (χ1) is 21.6. The zero-order chi connectivity index (χ0) is 30.0. The van der Waals surface area contributed by atoms with Crippen molar-refractivity contribution in [3.05, 3.63) is 90.1 Å². The Balaban J connectivity index is 1.44. The molecule has 0 radical (unpaired) electrons. The minimum atomic E-state index is -0.384. The predicted molar refractivity (Wildman–Crippen MR) is 173 cm³/mol. The van der Waals surface area contributed by atoms with Crippen LogP contribution in [-0.4, -0.2) is 59.7 Å². The first kappa shape index (κ1) is 28.3. The molecule has 1 amide bonds. The molecule has 3 aromatic carbocycles. The smallest absolute Gasteiger partial charge is 0.337 e. The molecule has 0 spiro atoms. The number of hydrogen-bond acceptors (Lipinski definition) is 5. The molecule has 0 bridgehead atoms. The molecule has 1 aliphatic carbocycles. The highest BCUT2D eigenvalue weighted by Crippen LogP contribution is 2.45. The van der Waals surface area contributed by atoms with Gasteiger partial charge in [0.25, 0.3) is 0 Å². The normalized spacial score (nSPS) is 16.0. The molecule has 2 fully saturated rings. The highest BCUT2D eigenvalue weighted by Gasteiger charge is 2.29. The van der Waals surface area contributed by atoms with Crippen LogP contribution in [0.2, 0.25) is 0 Å². The lowest BCUT2D eigenvalue weighted by Crippen LogP contribution is -2.42. The van der Waals surface area contributed by atoms with Gasteiger partial charge in [-0.3, -0.25) is 9.78 Å². The molecular weight excluding hydrogens is 550 g/mol. The van der Waals surface area contributed by atoms with Crippen molar-refractivity contribution in [2.45, 2.75) is 44.6 Å².